The van der Waals surface area contributed by atoms with Crippen LogP contribution < -0.4 is 30.3 Å². The van der Waals surface area contributed by atoms with Crippen molar-refractivity contribution in [2.75, 3.05) is 69.3 Å². The van der Waals surface area contributed by atoms with Crippen molar-refractivity contribution in [3.05, 3.63) is 61.3 Å². The van der Waals surface area contributed by atoms with E-state index in [1.807, 2.05) is 51.5 Å². The van der Waals surface area contributed by atoms with Crippen LogP contribution in [0.1, 0.15) is 0 Å². The van der Waals surface area contributed by atoms with Crippen LogP contribution in [0.2, 0.25) is 0 Å². The summed E-state index contributed by atoms with van der Waals surface area (Å²) in [4.78, 5) is 25.2. The molecule has 3 aromatic rings. The van der Waals surface area contributed by atoms with E-state index in [0.717, 1.165) is 30.2 Å². The van der Waals surface area contributed by atoms with E-state index in [-0.39, 0.29) is 5.91 Å². The van der Waals surface area contributed by atoms with Gasteiger partial charge in [0.15, 0.2) is 0 Å². The van der Waals surface area contributed by atoms with E-state index in [1.54, 1.807) is 32.5 Å². The molecule has 2 aromatic carbocycles. The van der Waals surface area contributed by atoms with Crippen LogP contribution in [-0.4, -0.2) is 69.2 Å². The van der Waals surface area contributed by atoms with Crippen LogP contribution in [0.4, 0.5) is 34.5 Å². The molecule has 0 saturated carbocycles. The second kappa shape index (κ2) is 12.4. The fourth-order valence-corrected chi connectivity index (χ4v) is 3.34. The number of carbonyl (C=O) groups excluding carboxylic acids is 1. The number of carbonyl (C=O) groups is 1. The largest absolute Gasteiger partial charge is 0.497 e. The third kappa shape index (κ3) is 7.09. The molecule has 0 aliphatic heterocycles. The number of likely N-dealkylation sites (N-methyl/N-ethyl adjacent to an activating group) is 2. The first kappa shape index (κ1) is 26.3. The Labute approximate surface area is 212 Å². The lowest BCUT2D eigenvalue weighted by atomic mass is 10.2. The minimum atomic E-state index is -0.310. The molecule has 3 rings (SSSR count). The summed E-state index contributed by atoms with van der Waals surface area (Å²) >= 11 is 0. The van der Waals surface area contributed by atoms with Crippen molar-refractivity contribution < 1.29 is 14.3 Å². The maximum absolute atomic E-state index is 12.2. The topological polar surface area (TPSA) is 104 Å². The first-order chi connectivity index (χ1) is 17.3. The fraction of sp³-hybridized carbons (Fsp3) is 0.269. The second-order valence-electron chi connectivity index (χ2n) is 8.23. The summed E-state index contributed by atoms with van der Waals surface area (Å²) in [5, 5.41) is 9.34. The SMILES string of the molecule is C=CC(=O)Nc1cc(Nc2nccc(Nc3ccc(OC)cc3)n2)c(OC)cc1N(C)CCN(C)C. The number of rotatable bonds is 12. The van der Waals surface area contributed by atoms with E-state index in [0.29, 0.717) is 28.9 Å². The predicted molar refractivity (Wildman–Crippen MR) is 145 cm³/mol. The highest BCUT2D eigenvalue weighted by Crippen LogP contribution is 2.38. The summed E-state index contributed by atoms with van der Waals surface area (Å²) < 4.78 is 10.9. The van der Waals surface area contributed by atoms with Gasteiger partial charge in [0.2, 0.25) is 11.9 Å². The van der Waals surface area contributed by atoms with Gasteiger partial charge in [0.1, 0.15) is 17.3 Å². The average molecular weight is 492 g/mol. The minimum Gasteiger partial charge on any atom is -0.497 e. The van der Waals surface area contributed by atoms with E-state index in [9.17, 15) is 4.79 Å². The first-order valence-corrected chi connectivity index (χ1v) is 11.4. The Morgan fingerprint density at radius 3 is 2.39 bits per heavy atom. The van der Waals surface area contributed by atoms with E-state index < -0.39 is 0 Å². The zero-order chi connectivity index (χ0) is 26.1. The molecule has 0 unspecified atom stereocenters. The van der Waals surface area contributed by atoms with Crippen LogP contribution in [0, 0.1) is 0 Å². The van der Waals surface area contributed by atoms with Crippen molar-refractivity contribution >= 4 is 40.4 Å². The van der Waals surface area contributed by atoms with Crippen LogP contribution in [0.15, 0.2) is 61.3 Å². The first-order valence-electron chi connectivity index (χ1n) is 11.4. The third-order valence-electron chi connectivity index (χ3n) is 5.32. The number of hydrogen-bond donors (Lipinski definition) is 3. The maximum Gasteiger partial charge on any atom is 0.247 e. The molecule has 0 fully saturated rings. The minimum absolute atomic E-state index is 0.310. The van der Waals surface area contributed by atoms with Crippen LogP contribution in [0.3, 0.4) is 0 Å². The molecule has 36 heavy (non-hydrogen) atoms. The Kier molecular flexibility index (Phi) is 9.07. The molecular formula is C26H33N7O3. The number of amides is 1. The monoisotopic (exact) mass is 491 g/mol. The molecule has 0 atom stereocenters. The molecule has 0 radical (unpaired) electrons. The van der Waals surface area contributed by atoms with Gasteiger partial charge in [-0.25, -0.2) is 4.98 Å². The molecular weight excluding hydrogens is 458 g/mol. The van der Waals surface area contributed by atoms with Gasteiger partial charge in [-0.2, -0.15) is 4.98 Å². The molecule has 10 nitrogen and oxygen atoms in total. The summed E-state index contributed by atoms with van der Waals surface area (Å²) in [6.07, 6.45) is 2.88. The van der Waals surface area contributed by atoms with Gasteiger partial charge in [-0.3, -0.25) is 4.79 Å². The Balaban J connectivity index is 1.89. The highest BCUT2D eigenvalue weighted by Gasteiger charge is 2.16. The van der Waals surface area contributed by atoms with Gasteiger partial charge in [0.25, 0.3) is 0 Å². The van der Waals surface area contributed by atoms with Crippen molar-refractivity contribution in [1.29, 1.82) is 0 Å². The highest BCUT2D eigenvalue weighted by atomic mass is 16.5. The van der Waals surface area contributed by atoms with Gasteiger partial charge in [0.05, 0.1) is 31.3 Å². The second-order valence-corrected chi connectivity index (χ2v) is 8.23. The molecule has 0 aliphatic rings. The molecule has 0 saturated heterocycles. The van der Waals surface area contributed by atoms with E-state index in [4.69, 9.17) is 9.47 Å². The third-order valence-corrected chi connectivity index (χ3v) is 5.32. The average Bonchev–Trinajstić information content (AvgIpc) is 2.88. The van der Waals surface area contributed by atoms with Gasteiger partial charge in [-0.1, -0.05) is 6.58 Å². The molecule has 1 aromatic heterocycles. The number of benzene rings is 2. The zero-order valence-corrected chi connectivity index (χ0v) is 21.3. The van der Waals surface area contributed by atoms with Crippen LogP contribution >= 0.6 is 0 Å². The predicted octanol–water partition coefficient (Wildman–Crippen LogP) is 4.10. The van der Waals surface area contributed by atoms with Crippen molar-refractivity contribution in [3.8, 4) is 11.5 Å². The van der Waals surface area contributed by atoms with E-state index >= 15 is 0 Å². The van der Waals surface area contributed by atoms with Gasteiger partial charge in [0, 0.05) is 38.1 Å². The Bertz CT molecular complexity index is 1180. The quantitative estimate of drug-likeness (QED) is 0.323. The smallest absolute Gasteiger partial charge is 0.247 e. The molecule has 0 bridgehead atoms. The van der Waals surface area contributed by atoms with Gasteiger partial charge >= 0.3 is 0 Å². The van der Waals surface area contributed by atoms with Crippen LogP contribution in [0.25, 0.3) is 0 Å². The van der Waals surface area contributed by atoms with Crippen LogP contribution in [0.5, 0.6) is 11.5 Å². The number of anilines is 6. The summed E-state index contributed by atoms with van der Waals surface area (Å²) in [7, 11) is 9.21. The molecule has 1 amide bonds. The normalized spacial score (nSPS) is 10.5. The molecule has 3 N–H and O–H groups in total. The molecule has 190 valence electrons. The standard InChI is InChI=1S/C26H33N7O3/c1-7-25(34)29-20-16-21(23(36-6)17-22(20)33(4)15-14-32(2)3)30-26-27-13-12-24(31-26)28-18-8-10-19(35-5)11-9-18/h7-13,16-17H,1,14-15H2,2-6H3,(H,29,34)(H2,27,28,30,31). The van der Waals surface area contributed by atoms with Gasteiger partial charge in [-0.05, 0) is 56.6 Å². The van der Waals surface area contributed by atoms with Gasteiger partial charge < -0.3 is 35.2 Å². The number of methoxy groups -OCH3 is 2. The number of ether oxygens (including phenoxy) is 2. The van der Waals surface area contributed by atoms with E-state index in [1.165, 1.54) is 6.08 Å². The summed E-state index contributed by atoms with van der Waals surface area (Å²) in [6.45, 7) is 5.16. The summed E-state index contributed by atoms with van der Waals surface area (Å²) in [6, 6.07) is 13.0. The van der Waals surface area contributed by atoms with Crippen molar-refractivity contribution in [2.45, 2.75) is 0 Å². The zero-order valence-electron chi connectivity index (χ0n) is 21.3. The van der Waals surface area contributed by atoms with Gasteiger partial charge in [-0.15, -0.1) is 0 Å². The van der Waals surface area contributed by atoms with Crippen molar-refractivity contribution in [1.82, 2.24) is 14.9 Å². The summed E-state index contributed by atoms with van der Waals surface area (Å²) in [5.74, 6) is 2.01. The Morgan fingerprint density at radius 2 is 1.75 bits per heavy atom. The lowest BCUT2D eigenvalue weighted by Gasteiger charge is -2.26. The molecule has 10 heteroatoms. The van der Waals surface area contributed by atoms with Crippen molar-refractivity contribution in [2.24, 2.45) is 0 Å². The highest BCUT2D eigenvalue weighted by molar-refractivity contribution is 6.02. The number of aromatic nitrogens is 2. The lowest BCUT2D eigenvalue weighted by Crippen LogP contribution is -2.29. The van der Waals surface area contributed by atoms with Crippen LogP contribution in [-0.2, 0) is 4.79 Å². The Hall–Kier alpha value is -4.31. The molecule has 0 aliphatic carbocycles. The number of hydrogen-bond acceptors (Lipinski definition) is 9. The summed E-state index contributed by atoms with van der Waals surface area (Å²) in [5.41, 5.74) is 2.88. The number of nitrogens with zero attached hydrogens (tertiary/aromatic N) is 4. The van der Waals surface area contributed by atoms with E-state index in [2.05, 4.69) is 42.3 Å². The maximum atomic E-state index is 12.2. The van der Waals surface area contributed by atoms with Crippen molar-refractivity contribution in [3.63, 3.8) is 0 Å². The lowest BCUT2D eigenvalue weighted by molar-refractivity contribution is -0.111. The Morgan fingerprint density at radius 1 is 1.00 bits per heavy atom. The number of nitrogens with one attached hydrogen (secondary N) is 3. The molecule has 1 heterocycles. The fourth-order valence-electron chi connectivity index (χ4n) is 3.34. The molecule has 0 spiro atoms.